The van der Waals surface area contributed by atoms with Crippen molar-refractivity contribution in [1.82, 2.24) is 0 Å². The average Bonchev–Trinajstić information content (AvgIpc) is 2.62. The summed E-state index contributed by atoms with van der Waals surface area (Å²) in [7, 11) is 0. The van der Waals surface area contributed by atoms with Crippen LogP contribution in [0.3, 0.4) is 0 Å². The topological polar surface area (TPSA) is 64.6 Å². The van der Waals surface area contributed by atoms with Gasteiger partial charge in [0.05, 0.1) is 6.61 Å². The number of carbonyl (C=O) groups is 2. The van der Waals surface area contributed by atoms with Gasteiger partial charge in [-0.1, -0.05) is 35.9 Å². The first-order valence-electron chi connectivity index (χ1n) is 8.12. The van der Waals surface area contributed by atoms with Crippen molar-refractivity contribution in [2.75, 3.05) is 18.5 Å². The zero-order valence-electron chi connectivity index (χ0n) is 14.6. The van der Waals surface area contributed by atoms with E-state index in [-0.39, 0.29) is 6.61 Å². The number of rotatable bonds is 7. The molecule has 26 heavy (non-hydrogen) atoms. The quantitative estimate of drug-likeness (QED) is 0.582. The molecule has 2 rings (SSSR count). The Kier molecular flexibility index (Phi) is 7.24. The van der Waals surface area contributed by atoms with Crippen LogP contribution in [0.15, 0.2) is 48.5 Å². The van der Waals surface area contributed by atoms with Gasteiger partial charge in [-0.05, 0) is 43.7 Å². The van der Waals surface area contributed by atoms with E-state index in [4.69, 9.17) is 21.1 Å². The number of hydrogen-bond acceptors (Lipinski definition) is 4. The summed E-state index contributed by atoms with van der Waals surface area (Å²) < 4.78 is 10.4. The van der Waals surface area contributed by atoms with E-state index in [1.807, 2.05) is 38.1 Å². The van der Waals surface area contributed by atoms with Crippen LogP contribution in [0.4, 0.5) is 5.69 Å². The van der Waals surface area contributed by atoms with Gasteiger partial charge in [0.2, 0.25) is 0 Å². The van der Waals surface area contributed by atoms with Crippen molar-refractivity contribution in [3.63, 3.8) is 0 Å². The number of anilines is 1. The van der Waals surface area contributed by atoms with Crippen LogP contribution in [-0.2, 0) is 14.3 Å². The zero-order valence-corrected chi connectivity index (χ0v) is 15.4. The number of benzene rings is 2. The Hall–Kier alpha value is -2.79. The molecule has 1 amide bonds. The highest BCUT2D eigenvalue weighted by atomic mass is 35.5. The Labute approximate surface area is 157 Å². The van der Waals surface area contributed by atoms with E-state index in [9.17, 15) is 9.59 Å². The number of nitrogens with one attached hydrogen (secondary N) is 1. The van der Waals surface area contributed by atoms with E-state index in [0.29, 0.717) is 23.1 Å². The first-order valence-corrected chi connectivity index (χ1v) is 8.50. The molecule has 5 nitrogen and oxygen atoms in total. The third-order valence-electron chi connectivity index (χ3n) is 3.44. The molecule has 0 radical (unpaired) electrons. The summed E-state index contributed by atoms with van der Waals surface area (Å²) in [5, 5.41) is 3.17. The van der Waals surface area contributed by atoms with Gasteiger partial charge in [0, 0.05) is 22.3 Å². The van der Waals surface area contributed by atoms with Gasteiger partial charge in [0.15, 0.2) is 6.61 Å². The number of carbonyl (C=O) groups excluding carboxylic acids is 2. The van der Waals surface area contributed by atoms with Crippen molar-refractivity contribution in [2.24, 2.45) is 0 Å². The fraction of sp³-hybridized carbons (Fsp3) is 0.200. The Balaban J connectivity index is 1.88. The lowest BCUT2D eigenvalue weighted by Gasteiger charge is -2.09. The monoisotopic (exact) mass is 373 g/mol. The minimum Gasteiger partial charge on any atom is -0.493 e. The molecule has 0 aromatic heterocycles. The van der Waals surface area contributed by atoms with Crippen LogP contribution >= 0.6 is 11.6 Å². The molecular weight excluding hydrogens is 354 g/mol. The lowest BCUT2D eigenvalue weighted by Crippen LogP contribution is -2.20. The van der Waals surface area contributed by atoms with E-state index in [0.717, 1.165) is 11.1 Å². The highest BCUT2D eigenvalue weighted by Crippen LogP contribution is 2.20. The summed E-state index contributed by atoms with van der Waals surface area (Å²) in [6, 6.07) is 12.5. The third kappa shape index (κ3) is 5.93. The van der Waals surface area contributed by atoms with Crippen molar-refractivity contribution in [2.45, 2.75) is 13.8 Å². The first kappa shape index (κ1) is 19.5. The maximum atomic E-state index is 11.9. The Bertz CT molecular complexity index is 817. The van der Waals surface area contributed by atoms with Gasteiger partial charge >= 0.3 is 5.97 Å². The van der Waals surface area contributed by atoms with E-state index in [1.165, 1.54) is 6.08 Å². The van der Waals surface area contributed by atoms with Crippen LogP contribution in [0, 0.1) is 6.92 Å². The molecule has 0 bridgehead atoms. The number of halogens is 1. The molecule has 0 saturated carbocycles. The van der Waals surface area contributed by atoms with Gasteiger partial charge in [-0.3, -0.25) is 4.79 Å². The second kappa shape index (κ2) is 9.63. The molecule has 0 aliphatic carbocycles. The molecule has 2 aromatic rings. The van der Waals surface area contributed by atoms with Crippen molar-refractivity contribution in [3.8, 4) is 5.75 Å². The molecule has 0 unspecified atom stereocenters. The number of aryl methyl sites for hydroxylation is 1. The lowest BCUT2D eigenvalue weighted by atomic mass is 10.2. The van der Waals surface area contributed by atoms with Gasteiger partial charge in [0.1, 0.15) is 5.75 Å². The number of esters is 1. The maximum Gasteiger partial charge on any atom is 0.331 e. The average molecular weight is 374 g/mol. The fourth-order valence-electron chi connectivity index (χ4n) is 2.16. The summed E-state index contributed by atoms with van der Waals surface area (Å²) in [5.41, 5.74) is 2.20. The molecule has 0 fully saturated rings. The minimum atomic E-state index is -0.616. The van der Waals surface area contributed by atoms with Crippen LogP contribution < -0.4 is 10.1 Å². The highest BCUT2D eigenvalue weighted by Gasteiger charge is 2.08. The molecule has 0 spiro atoms. The predicted molar refractivity (Wildman–Crippen MR) is 102 cm³/mol. The number of ether oxygens (including phenoxy) is 2. The number of amides is 1. The second-order valence-electron chi connectivity index (χ2n) is 5.42. The highest BCUT2D eigenvalue weighted by molar-refractivity contribution is 6.31. The van der Waals surface area contributed by atoms with Gasteiger partial charge < -0.3 is 14.8 Å². The Morgan fingerprint density at radius 3 is 2.73 bits per heavy atom. The normalized spacial score (nSPS) is 10.6. The number of hydrogen-bond donors (Lipinski definition) is 1. The molecule has 6 heteroatoms. The molecule has 0 aliphatic heterocycles. The van der Waals surface area contributed by atoms with Crippen LogP contribution in [0.25, 0.3) is 6.08 Å². The Morgan fingerprint density at radius 2 is 1.96 bits per heavy atom. The SMILES string of the molecule is CCOc1ccccc1/C=C/C(=O)OCC(=O)Nc1cc(Cl)ccc1C. The van der Waals surface area contributed by atoms with Crippen LogP contribution in [0.2, 0.25) is 5.02 Å². The smallest absolute Gasteiger partial charge is 0.331 e. The summed E-state index contributed by atoms with van der Waals surface area (Å²) in [5.74, 6) is -0.380. The molecule has 0 heterocycles. The largest absolute Gasteiger partial charge is 0.493 e. The van der Waals surface area contributed by atoms with Gasteiger partial charge in [-0.2, -0.15) is 0 Å². The van der Waals surface area contributed by atoms with Gasteiger partial charge in [0.25, 0.3) is 5.91 Å². The maximum absolute atomic E-state index is 11.9. The minimum absolute atomic E-state index is 0.387. The molecule has 0 atom stereocenters. The van der Waals surface area contributed by atoms with E-state index < -0.39 is 11.9 Å². The molecule has 0 aliphatic rings. The van der Waals surface area contributed by atoms with E-state index >= 15 is 0 Å². The Morgan fingerprint density at radius 1 is 1.19 bits per heavy atom. The first-order chi connectivity index (χ1) is 12.5. The van der Waals surface area contributed by atoms with Crippen LogP contribution in [0.5, 0.6) is 5.75 Å². The van der Waals surface area contributed by atoms with E-state index in [2.05, 4.69) is 5.32 Å². The molecular formula is C20H20ClNO4. The summed E-state index contributed by atoms with van der Waals surface area (Å²) in [6.45, 7) is 3.87. The predicted octanol–water partition coefficient (Wildman–Crippen LogP) is 4.24. The molecule has 136 valence electrons. The molecule has 0 saturated heterocycles. The van der Waals surface area contributed by atoms with Crippen molar-refractivity contribution < 1.29 is 19.1 Å². The van der Waals surface area contributed by atoms with Gasteiger partial charge in [-0.15, -0.1) is 0 Å². The summed E-state index contributed by atoms with van der Waals surface area (Å²) in [6.07, 6.45) is 2.85. The zero-order chi connectivity index (χ0) is 18.9. The second-order valence-corrected chi connectivity index (χ2v) is 5.86. The standard InChI is InChI=1S/C20H20ClNO4/c1-3-25-18-7-5-4-6-15(18)9-11-20(24)26-13-19(23)22-17-12-16(21)10-8-14(17)2/h4-12H,3,13H2,1-2H3,(H,22,23)/b11-9+. The molecule has 2 aromatic carbocycles. The van der Waals surface area contributed by atoms with Crippen LogP contribution in [-0.4, -0.2) is 25.1 Å². The third-order valence-corrected chi connectivity index (χ3v) is 3.67. The van der Waals surface area contributed by atoms with Crippen LogP contribution in [0.1, 0.15) is 18.1 Å². The van der Waals surface area contributed by atoms with Gasteiger partial charge in [-0.25, -0.2) is 4.79 Å². The fourth-order valence-corrected chi connectivity index (χ4v) is 2.34. The van der Waals surface area contributed by atoms with Crippen molar-refractivity contribution >= 4 is 35.2 Å². The van der Waals surface area contributed by atoms with Crippen molar-refractivity contribution in [1.29, 1.82) is 0 Å². The van der Waals surface area contributed by atoms with Crippen molar-refractivity contribution in [3.05, 3.63) is 64.7 Å². The van der Waals surface area contributed by atoms with E-state index in [1.54, 1.807) is 24.3 Å². The molecule has 1 N–H and O–H groups in total. The summed E-state index contributed by atoms with van der Waals surface area (Å²) >= 11 is 5.91. The summed E-state index contributed by atoms with van der Waals surface area (Å²) in [4.78, 5) is 23.7. The lowest BCUT2D eigenvalue weighted by molar-refractivity contribution is -0.142. The number of para-hydroxylation sites is 1.